The fraction of sp³-hybridized carbons (Fsp3) is 0.562. The van der Waals surface area contributed by atoms with Gasteiger partial charge in [0.1, 0.15) is 5.75 Å². The van der Waals surface area contributed by atoms with Gasteiger partial charge in [-0.05, 0) is 36.5 Å². The van der Waals surface area contributed by atoms with E-state index in [1.54, 1.807) is 7.11 Å². The Balaban J connectivity index is 2.25. The van der Waals surface area contributed by atoms with Crippen molar-refractivity contribution in [1.82, 2.24) is 0 Å². The molecule has 0 heterocycles. The van der Waals surface area contributed by atoms with E-state index in [4.69, 9.17) is 4.74 Å². The zero-order valence-electron chi connectivity index (χ0n) is 11.5. The maximum Gasteiger partial charge on any atom is 0.311 e. The van der Waals surface area contributed by atoms with Crippen LogP contribution in [0.1, 0.15) is 50.0 Å². The lowest BCUT2D eigenvalue weighted by molar-refractivity contribution is -0.140. The molecule has 1 N–H and O–H groups in total. The second-order valence-electron chi connectivity index (χ2n) is 5.34. The van der Waals surface area contributed by atoms with E-state index in [2.05, 4.69) is 0 Å². The molecule has 1 atom stereocenters. The third kappa shape index (κ3) is 3.49. The van der Waals surface area contributed by atoms with E-state index in [9.17, 15) is 9.90 Å². The molecule has 1 aliphatic rings. The SMILES string of the molecule is COc1cccc(C(C(=O)O)C2CCCCCC2)c1. The van der Waals surface area contributed by atoms with E-state index in [0.29, 0.717) is 0 Å². The smallest absolute Gasteiger partial charge is 0.311 e. The van der Waals surface area contributed by atoms with Crippen LogP contribution in [0, 0.1) is 5.92 Å². The van der Waals surface area contributed by atoms with Crippen molar-refractivity contribution in [2.45, 2.75) is 44.4 Å². The van der Waals surface area contributed by atoms with Crippen molar-refractivity contribution in [1.29, 1.82) is 0 Å². The monoisotopic (exact) mass is 262 g/mol. The molecule has 0 aliphatic heterocycles. The molecule has 104 valence electrons. The maximum atomic E-state index is 11.7. The molecule has 2 rings (SSSR count). The minimum absolute atomic E-state index is 0.257. The van der Waals surface area contributed by atoms with Gasteiger partial charge in [-0.1, -0.05) is 37.8 Å². The lowest BCUT2D eigenvalue weighted by atomic mass is 9.81. The summed E-state index contributed by atoms with van der Waals surface area (Å²) in [6, 6.07) is 7.51. The van der Waals surface area contributed by atoms with Crippen LogP contribution in [0.2, 0.25) is 0 Å². The van der Waals surface area contributed by atoms with Gasteiger partial charge >= 0.3 is 5.97 Å². The Kier molecular flexibility index (Phi) is 4.83. The summed E-state index contributed by atoms with van der Waals surface area (Å²) in [5.41, 5.74) is 0.874. The molecule has 0 aromatic heterocycles. The molecule has 0 bridgehead atoms. The number of methoxy groups -OCH3 is 1. The van der Waals surface area contributed by atoms with E-state index in [1.807, 2.05) is 24.3 Å². The summed E-state index contributed by atoms with van der Waals surface area (Å²) in [6.45, 7) is 0. The zero-order chi connectivity index (χ0) is 13.7. The molecule has 0 radical (unpaired) electrons. The molecule has 1 aliphatic carbocycles. The second-order valence-corrected chi connectivity index (χ2v) is 5.34. The molecule has 0 spiro atoms. The van der Waals surface area contributed by atoms with E-state index < -0.39 is 11.9 Å². The van der Waals surface area contributed by atoms with E-state index >= 15 is 0 Å². The molecular weight excluding hydrogens is 240 g/mol. The molecular formula is C16H22O3. The maximum absolute atomic E-state index is 11.7. The van der Waals surface area contributed by atoms with Crippen molar-refractivity contribution in [3.8, 4) is 5.75 Å². The van der Waals surface area contributed by atoms with Gasteiger partial charge in [0.2, 0.25) is 0 Å². The molecule has 3 heteroatoms. The van der Waals surface area contributed by atoms with Crippen molar-refractivity contribution in [3.05, 3.63) is 29.8 Å². The number of rotatable bonds is 4. The highest BCUT2D eigenvalue weighted by molar-refractivity contribution is 5.76. The van der Waals surface area contributed by atoms with E-state index in [-0.39, 0.29) is 5.92 Å². The van der Waals surface area contributed by atoms with Gasteiger partial charge in [0.25, 0.3) is 0 Å². The lowest BCUT2D eigenvalue weighted by Crippen LogP contribution is -2.21. The van der Waals surface area contributed by atoms with E-state index in [1.165, 1.54) is 12.8 Å². The highest BCUT2D eigenvalue weighted by atomic mass is 16.5. The predicted molar refractivity (Wildman–Crippen MR) is 74.6 cm³/mol. The normalized spacial score (nSPS) is 18.6. The summed E-state index contributed by atoms with van der Waals surface area (Å²) < 4.78 is 5.20. The van der Waals surface area contributed by atoms with Crippen LogP contribution >= 0.6 is 0 Å². The summed E-state index contributed by atoms with van der Waals surface area (Å²) in [5.74, 6) is -0.113. The lowest BCUT2D eigenvalue weighted by Gasteiger charge is -2.23. The van der Waals surface area contributed by atoms with Crippen molar-refractivity contribution >= 4 is 5.97 Å². The Morgan fingerprint density at radius 2 is 1.95 bits per heavy atom. The summed E-state index contributed by atoms with van der Waals surface area (Å²) in [5, 5.41) is 9.59. The number of hydrogen-bond donors (Lipinski definition) is 1. The Hall–Kier alpha value is -1.51. The third-order valence-electron chi connectivity index (χ3n) is 4.09. The highest BCUT2D eigenvalue weighted by Gasteiger charge is 2.30. The first-order valence-corrected chi connectivity index (χ1v) is 7.09. The largest absolute Gasteiger partial charge is 0.497 e. The van der Waals surface area contributed by atoms with E-state index in [0.717, 1.165) is 37.0 Å². The Morgan fingerprint density at radius 1 is 1.26 bits per heavy atom. The third-order valence-corrected chi connectivity index (χ3v) is 4.09. The van der Waals surface area contributed by atoms with Crippen LogP contribution in [0.15, 0.2) is 24.3 Å². The van der Waals surface area contributed by atoms with Gasteiger partial charge in [-0.3, -0.25) is 4.79 Å². The first-order chi connectivity index (χ1) is 9.22. The Labute approximate surface area is 114 Å². The number of carbonyl (C=O) groups is 1. The fourth-order valence-corrected chi connectivity index (χ4v) is 3.10. The first kappa shape index (κ1) is 13.9. The zero-order valence-corrected chi connectivity index (χ0v) is 11.5. The van der Waals surface area contributed by atoms with Crippen LogP contribution in [0.3, 0.4) is 0 Å². The second kappa shape index (κ2) is 6.60. The number of aliphatic carboxylic acids is 1. The molecule has 0 saturated heterocycles. The van der Waals surface area contributed by atoms with Crippen LogP contribution in [0.5, 0.6) is 5.75 Å². The molecule has 0 amide bonds. The minimum atomic E-state index is -0.708. The summed E-state index contributed by atoms with van der Waals surface area (Å²) in [7, 11) is 1.61. The van der Waals surface area contributed by atoms with Crippen LogP contribution in [-0.2, 0) is 4.79 Å². The quantitative estimate of drug-likeness (QED) is 0.839. The van der Waals surface area contributed by atoms with Crippen molar-refractivity contribution in [3.63, 3.8) is 0 Å². The molecule has 1 saturated carbocycles. The molecule has 19 heavy (non-hydrogen) atoms. The summed E-state index contributed by atoms with van der Waals surface area (Å²) in [6.07, 6.45) is 6.82. The van der Waals surface area contributed by atoms with Gasteiger partial charge in [0.15, 0.2) is 0 Å². The topological polar surface area (TPSA) is 46.5 Å². The number of carboxylic acid groups (broad SMARTS) is 1. The minimum Gasteiger partial charge on any atom is -0.497 e. The van der Waals surface area contributed by atoms with Gasteiger partial charge in [-0.2, -0.15) is 0 Å². The summed E-state index contributed by atoms with van der Waals surface area (Å²) >= 11 is 0. The predicted octanol–water partition coefficient (Wildman–Crippen LogP) is 3.83. The Bertz CT molecular complexity index is 420. The van der Waals surface area contributed by atoms with Crippen LogP contribution in [0.4, 0.5) is 0 Å². The van der Waals surface area contributed by atoms with Gasteiger partial charge in [0.05, 0.1) is 13.0 Å². The first-order valence-electron chi connectivity index (χ1n) is 7.09. The van der Waals surface area contributed by atoms with Crippen LogP contribution < -0.4 is 4.74 Å². The van der Waals surface area contributed by atoms with Gasteiger partial charge in [-0.25, -0.2) is 0 Å². The molecule has 1 unspecified atom stereocenters. The fourth-order valence-electron chi connectivity index (χ4n) is 3.10. The van der Waals surface area contributed by atoms with Crippen LogP contribution in [0.25, 0.3) is 0 Å². The number of benzene rings is 1. The molecule has 1 aromatic carbocycles. The molecule has 1 aromatic rings. The number of carboxylic acids is 1. The molecule has 3 nitrogen and oxygen atoms in total. The van der Waals surface area contributed by atoms with Crippen molar-refractivity contribution in [2.75, 3.05) is 7.11 Å². The highest BCUT2D eigenvalue weighted by Crippen LogP contribution is 2.36. The summed E-state index contributed by atoms with van der Waals surface area (Å²) in [4.78, 5) is 11.7. The van der Waals surface area contributed by atoms with Gasteiger partial charge in [0, 0.05) is 0 Å². The van der Waals surface area contributed by atoms with Gasteiger partial charge in [-0.15, -0.1) is 0 Å². The number of ether oxygens (including phenoxy) is 1. The van der Waals surface area contributed by atoms with Gasteiger partial charge < -0.3 is 9.84 Å². The number of hydrogen-bond acceptors (Lipinski definition) is 2. The molecule has 1 fully saturated rings. The van der Waals surface area contributed by atoms with Crippen LogP contribution in [-0.4, -0.2) is 18.2 Å². The average Bonchev–Trinajstić information content (AvgIpc) is 2.68. The Morgan fingerprint density at radius 3 is 2.53 bits per heavy atom. The standard InChI is InChI=1S/C16H22O3/c1-19-14-10-6-9-13(11-14)15(16(17)18)12-7-4-2-3-5-8-12/h6,9-12,15H,2-5,7-8H2,1H3,(H,17,18). The average molecular weight is 262 g/mol. The van der Waals surface area contributed by atoms with Crippen molar-refractivity contribution in [2.24, 2.45) is 5.92 Å². The van der Waals surface area contributed by atoms with Crippen molar-refractivity contribution < 1.29 is 14.6 Å².